The molecule has 158 valence electrons. The van der Waals surface area contributed by atoms with Crippen molar-refractivity contribution in [3.05, 3.63) is 76.1 Å². The molecule has 0 radical (unpaired) electrons. The molecule has 8 heteroatoms. The quantitative estimate of drug-likeness (QED) is 0.525. The summed E-state index contributed by atoms with van der Waals surface area (Å²) in [5.41, 5.74) is 2.65. The van der Waals surface area contributed by atoms with Crippen molar-refractivity contribution in [2.45, 2.75) is 37.6 Å². The Labute approximate surface area is 182 Å². The molecule has 0 aliphatic heterocycles. The van der Waals surface area contributed by atoms with Crippen molar-refractivity contribution < 1.29 is 4.79 Å². The molecule has 0 unspecified atom stereocenters. The van der Waals surface area contributed by atoms with Crippen LogP contribution in [0.2, 0.25) is 0 Å². The number of rotatable bonds is 3. The number of aromatic amines is 1. The maximum atomic E-state index is 12.8. The number of amides is 1. The summed E-state index contributed by atoms with van der Waals surface area (Å²) in [6, 6.07) is 13.2. The molecule has 2 fully saturated rings. The molecule has 32 heavy (non-hydrogen) atoms. The fourth-order valence-electron chi connectivity index (χ4n) is 5.52. The molecule has 0 saturated heterocycles. The van der Waals surface area contributed by atoms with Gasteiger partial charge in [0.1, 0.15) is 11.3 Å². The van der Waals surface area contributed by atoms with Gasteiger partial charge in [-0.1, -0.05) is 18.2 Å². The van der Waals surface area contributed by atoms with Crippen LogP contribution in [0.1, 0.15) is 53.3 Å². The van der Waals surface area contributed by atoms with Crippen LogP contribution in [-0.2, 0) is 0 Å². The predicted octanol–water partition coefficient (Wildman–Crippen LogP) is 2.90. The van der Waals surface area contributed by atoms with Gasteiger partial charge in [-0.3, -0.25) is 14.0 Å². The van der Waals surface area contributed by atoms with E-state index >= 15 is 0 Å². The molecule has 0 atom stereocenters. The molecule has 0 bridgehead atoms. The zero-order chi connectivity index (χ0) is 21.9. The molecule has 4 aromatic rings. The van der Waals surface area contributed by atoms with E-state index in [1.54, 1.807) is 28.9 Å². The topological polar surface area (TPSA) is 116 Å². The minimum Gasteiger partial charge on any atom is -0.348 e. The van der Waals surface area contributed by atoms with Crippen LogP contribution in [0.25, 0.3) is 16.4 Å². The van der Waals surface area contributed by atoms with Crippen molar-refractivity contribution in [3.8, 4) is 6.07 Å². The van der Waals surface area contributed by atoms with Crippen molar-refractivity contribution in [2.24, 2.45) is 5.41 Å². The van der Waals surface area contributed by atoms with Gasteiger partial charge in [-0.05, 0) is 49.3 Å². The lowest BCUT2D eigenvalue weighted by atomic mass is 9.49. The zero-order valence-electron chi connectivity index (χ0n) is 17.2. The highest BCUT2D eigenvalue weighted by molar-refractivity contribution is 5.93. The molecular formula is C24H20N6O2. The molecule has 6 rings (SSSR count). The number of nitrogens with one attached hydrogen (secondary N) is 2. The summed E-state index contributed by atoms with van der Waals surface area (Å²) in [4.78, 5) is 29.1. The number of benzene rings is 1. The van der Waals surface area contributed by atoms with Gasteiger partial charge >= 0.3 is 0 Å². The van der Waals surface area contributed by atoms with E-state index in [2.05, 4.69) is 26.6 Å². The third-order valence-corrected chi connectivity index (χ3v) is 7.04. The molecule has 1 aromatic carbocycles. The maximum Gasteiger partial charge on any atom is 0.272 e. The minimum absolute atomic E-state index is 0.146. The van der Waals surface area contributed by atoms with E-state index in [0.29, 0.717) is 28.2 Å². The van der Waals surface area contributed by atoms with Gasteiger partial charge in [0.2, 0.25) is 0 Å². The number of imidazole rings is 1. The molecule has 3 aromatic heterocycles. The van der Waals surface area contributed by atoms with E-state index in [1.165, 1.54) is 0 Å². The number of carbonyl (C=O) groups excluding carboxylic acids is 1. The second-order valence-corrected chi connectivity index (χ2v) is 9.07. The predicted molar refractivity (Wildman–Crippen MR) is 117 cm³/mol. The fourth-order valence-corrected chi connectivity index (χ4v) is 5.52. The highest BCUT2D eigenvalue weighted by atomic mass is 16.2. The maximum absolute atomic E-state index is 12.8. The number of nitriles is 1. The number of carbonyl (C=O) groups is 1. The largest absolute Gasteiger partial charge is 0.348 e. The molecule has 2 saturated carbocycles. The van der Waals surface area contributed by atoms with Crippen LogP contribution >= 0.6 is 0 Å². The lowest BCUT2D eigenvalue weighted by Gasteiger charge is -2.57. The van der Waals surface area contributed by atoms with Crippen molar-refractivity contribution in [2.75, 3.05) is 0 Å². The normalized spacial score (nSPS) is 24.1. The molecule has 2 N–H and O–H groups in total. The van der Waals surface area contributed by atoms with Crippen molar-refractivity contribution in [1.82, 2.24) is 24.9 Å². The Kier molecular flexibility index (Phi) is 3.96. The fraction of sp³-hybridized carbons (Fsp3) is 0.292. The van der Waals surface area contributed by atoms with E-state index in [4.69, 9.17) is 5.26 Å². The van der Waals surface area contributed by atoms with Crippen molar-refractivity contribution in [3.63, 3.8) is 0 Å². The van der Waals surface area contributed by atoms with Gasteiger partial charge < -0.3 is 5.32 Å². The smallest absolute Gasteiger partial charge is 0.272 e. The Morgan fingerprint density at radius 3 is 2.75 bits per heavy atom. The third-order valence-electron chi connectivity index (χ3n) is 7.04. The minimum atomic E-state index is -0.152. The first kappa shape index (κ1) is 18.8. The average molecular weight is 424 g/mol. The Morgan fingerprint density at radius 2 is 1.97 bits per heavy atom. The number of fused-ring (bicyclic) bond motifs is 2. The van der Waals surface area contributed by atoms with Crippen LogP contribution in [0, 0.1) is 16.7 Å². The van der Waals surface area contributed by atoms with Crippen LogP contribution in [0.5, 0.6) is 0 Å². The first-order valence-corrected chi connectivity index (χ1v) is 10.7. The summed E-state index contributed by atoms with van der Waals surface area (Å²) in [5, 5.41) is 20.8. The third kappa shape index (κ3) is 2.82. The number of H-pyrrole nitrogens is 1. The number of hydrogen-bond donors (Lipinski definition) is 2. The summed E-state index contributed by atoms with van der Waals surface area (Å²) in [6.45, 7) is 0. The first-order chi connectivity index (χ1) is 15.5. The van der Waals surface area contributed by atoms with E-state index in [0.717, 1.165) is 36.8 Å². The Bertz CT molecular complexity index is 1480. The summed E-state index contributed by atoms with van der Waals surface area (Å²) in [6.07, 6.45) is 7.20. The van der Waals surface area contributed by atoms with Gasteiger partial charge in [-0.15, -0.1) is 0 Å². The monoisotopic (exact) mass is 424 g/mol. The van der Waals surface area contributed by atoms with Gasteiger partial charge in [0.05, 0.1) is 28.9 Å². The molecule has 1 amide bonds. The van der Waals surface area contributed by atoms with Crippen LogP contribution in [-0.4, -0.2) is 31.5 Å². The number of nitrogens with zero attached hydrogens (tertiary/aromatic N) is 4. The van der Waals surface area contributed by atoms with E-state index in [1.807, 2.05) is 24.3 Å². The van der Waals surface area contributed by atoms with Gasteiger partial charge in [-0.25, -0.2) is 10.1 Å². The molecular weight excluding hydrogens is 404 g/mol. The van der Waals surface area contributed by atoms with Gasteiger partial charge in [0.25, 0.3) is 11.5 Å². The highest BCUT2D eigenvalue weighted by Crippen LogP contribution is 2.62. The summed E-state index contributed by atoms with van der Waals surface area (Å²) < 4.78 is 1.71. The lowest BCUT2D eigenvalue weighted by molar-refractivity contribution is -0.0197. The van der Waals surface area contributed by atoms with Gasteiger partial charge in [-0.2, -0.15) is 10.4 Å². The van der Waals surface area contributed by atoms with Gasteiger partial charge in [0.15, 0.2) is 0 Å². The molecule has 2 aliphatic rings. The summed E-state index contributed by atoms with van der Waals surface area (Å²) >= 11 is 0. The number of aromatic nitrogens is 4. The van der Waals surface area contributed by atoms with Crippen molar-refractivity contribution >= 4 is 22.3 Å². The van der Waals surface area contributed by atoms with E-state index in [9.17, 15) is 9.59 Å². The number of hydrogen-bond acceptors (Lipinski definition) is 5. The SMILES string of the molecule is N#Cc1ccn2c(C(=O)NC3CC4(C3)CC(c3n[nH]c(=O)c5ccccc35)C4)cnc2c1. The molecule has 8 nitrogen and oxygen atoms in total. The number of pyridine rings is 1. The Morgan fingerprint density at radius 1 is 1.19 bits per heavy atom. The summed E-state index contributed by atoms with van der Waals surface area (Å²) in [5.74, 6) is 0.188. The lowest BCUT2D eigenvalue weighted by Crippen LogP contribution is -2.55. The van der Waals surface area contributed by atoms with Crippen LogP contribution in [0.15, 0.2) is 53.6 Å². The zero-order valence-corrected chi connectivity index (χ0v) is 17.2. The molecule has 2 aliphatic carbocycles. The van der Waals surface area contributed by atoms with E-state index in [-0.39, 0.29) is 22.9 Å². The van der Waals surface area contributed by atoms with Crippen LogP contribution in [0.3, 0.4) is 0 Å². The summed E-state index contributed by atoms with van der Waals surface area (Å²) in [7, 11) is 0. The molecule has 1 spiro atoms. The highest BCUT2D eigenvalue weighted by Gasteiger charge is 2.54. The van der Waals surface area contributed by atoms with Crippen LogP contribution < -0.4 is 10.9 Å². The molecule has 3 heterocycles. The van der Waals surface area contributed by atoms with Crippen LogP contribution in [0.4, 0.5) is 0 Å². The van der Waals surface area contributed by atoms with E-state index < -0.39 is 0 Å². The average Bonchev–Trinajstić information content (AvgIpc) is 3.18. The second kappa shape index (κ2) is 6.76. The first-order valence-electron chi connectivity index (χ1n) is 10.7. The van der Waals surface area contributed by atoms with Gasteiger partial charge in [0, 0.05) is 23.5 Å². The Hall–Kier alpha value is -3.99. The Balaban J connectivity index is 1.11. The standard InChI is InChI=1S/C24H20N6O2/c25-12-14-5-6-30-19(13-26-20(30)7-14)23(32)27-16-10-24(11-16)8-15(9-24)21-17-3-1-2-4-18(17)22(31)29-28-21/h1-7,13,15-16H,8-11H2,(H,27,32)(H,29,31). The van der Waals surface area contributed by atoms with Crippen molar-refractivity contribution in [1.29, 1.82) is 5.26 Å². The second-order valence-electron chi connectivity index (χ2n) is 9.07.